The van der Waals surface area contributed by atoms with E-state index in [1.54, 1.807) is 0 Å². The average molecular weight is 550 g/mol. The van der Waals surface area contributed by atoms with Crippen LogP contribution in [-0.2, 0) is 0 Å². The van der Waals surface area contributed by atoms with Gasteiger partial charge in [0.2, 0.25) is 0 Å². The summed E-state index contributed by atoms with van der Waals surface area (Å²) >= 11 is 3.68. The summed E-state index contributed by atoms with van der Waals surface area (Å²) in [4.78, 5) is 0. The number of fused-ring (bicyclic) bond motifs is 6. The molecule has 6 aromatic rings. The molecule has 2 aromatic heterocycles. The van der Waals surface area contributed by atoms with Gasteiger partial charge in [-0.3, -0.25) is 0 Å². The van der Waals surface area contributed by atoms with Crippen molar-refractivity contribution in [2.75, 3.05) is 0 Å². The molecule has 2 heterocycles. The Morgan fingerprint density at radius 3 is 2.12 bits per heavy atom. The minimum Gasteiger partial charge on any atom is -0.320 e. The Kier molecular flexibility index (Phi) is 6.62. The summed E-state index contributed by atoms with van der Waals surface area (Å²) in [6.07, 6.45) is 17.5. The fourth-order valence-electron chi connectivity index (χ4n) is 5.34. The van der Waals surface area contributed by atoms with Gasteiger partial charge in [0, 0.05) is 40.0 Å². The first-order valence-electron chi connectivity index (χ1n) is 13.4. The Hall–Kier alpha value is -4.28. The van der Waals surface area contributed by atoms with Gasteiger partial charge in [0.1, 0.15) is 0 Å². The van der Waals surface area contributed by atoms with E-state index in [1.165, 1.54) is 45.6 Å². The lowest BCUT2D eigenvalue weighted by Crippen LogP contribution is -2.17. The van der Waals surface area contributed by atoms with Crippen LogP contribution in [0.15, 0.2) is 139 Å². The van der Waals surface area contributed by atoms with Gasteiger partial charge < -0.3 is 5.73 Å². The quantitative estimate of drug-likeness (QED) is 0.235. The molecule has 0 bridgehead atoms. The van der Waals surface area contributed by atoms with E-state index in [4.69, 9.17) is 5.73 Å². The van der Waals surface area contributed by atoms with Crippen molar-refractivity contribution in [3.05, 3.63) is 160 Å². The van der Waals surface area contributed by atoms with Crippen molar-refractivity contribution < 1.29 is 0 Å². The maximum absolute atomic E-state index is 6.89. The Bertz CT molecular complexity index is 2120. The largest absolute Gasteiger partial charge is 0.320 e. The van der Waals surface area contributed by atoms with Gasteiger partial charge in [-0.15, -0.1) is 22.7 Å². The lowest BCUT2D eigenvalue weighted by molar-refractivity contribution is 0.871. The maximum atomic E-state index is 6.89. The van der Waals surface area contributed by atoms with E-state index in [1.807, 2.05) is 40.9 Å². The summed E-state index contributed by atoms with van der Waals surface area (Å²) in [5.41, 5.74) is 11.3. The van der Waals surface area contributed by atoms with E-state index in [0.29, 0.717) is 0 Å². The Morgan fingerprint density at radius 2 is 1.27 bits per heavy atom. The van der Waals surface area contributed by atoms with Crippen LogP contribution in [0, 0.1) is 0 Å². The van der Waals surface area contributed by atoms with E-state index in [2.05, 4.69) is 127 Å². The molecule has 0 amide bonds. The average Bonchev–Trinajstić information content (AvgIpc) is 3.54. The second-order valence-electron chi connectivity index (χ2n) is 9.92. The third-order valence-electron chi connectivity index (χ3n) is 7.40. The van der Waals surface area contributed by atoms with E-state index >= 15 is 0 Å². The van der Waals surface area contributed by atoms with Gasteiger partial charge in [0.05, 0.1) is 6.04 Å². The topological polar surface area (TPSA) is 26.0 Å². The first kappa shape index (κ1) is 24.7. The number of benzene rings is 4. The maximum Gasteiger partial charge on any atom is 0.0551 e. The van der Waals surface area contributed by atoms with Gasteiger partial charge in [0.15, 0.2) is 0 Å². The van der Waals surface area contributed by atoms with Crippen molar-refractivity contribution in [2.45, 2.75) is 6.04 Å². The molecule has 0 spiro atoms. The smallest absolute Gasteiger partial charge is 0.0551 e. The van der Waals surface area contributed by atoms with Gasteiger partial charge in [-0.25, -0.2) is 0 Å². The number of nitrogens with two attached hydrogens (primary N) is 1. The van der Waals surface area contributed by atoms with Gasteiger partial charge >= 0.3 is 0 Å². The SMILES string of the molecule is NC(C1=C/C=C/C=c2\c(sc3ccccc23)=C/C=C/C(c2ccc3sc4ccccc4c3c2)=C\1)c1ccccc1. The minimum atomic E-state index is -0.246. The Morgan fingerprint density at radius 1 is 0.575 bits per heavy atom. The number of rotatable bonds is 3. The highest BCUT2D eigenvalue weighted by Gasteiger charge is 2.12. The van der Waals surface area contributed by atoms with Crippen molar-refractivity contribution >= 4 is 70.7 Å². The van der Waals surface area contributed by atoms with Crippen LogP contribution in [0.5, 0.6) is 0 Å². The standard InChI is InChI=1S/C37H27NS2/c38-37(25-11-2-1-3-12-25)28-13-4-5-15-30-29-16-6-8-18-33(29)39-35(30)20-10-14-26(23-28)27-21-22-36-32(24-27)31-17-7-9-19-34(31)40-36/h1-24,37H,38H2/b5-4+,13-4?,14-10+,15-5?,20-10?,26-14?,26-23+,28-13+,28-23?,30-15-,35-20+. The number of hydrogen-bond acceptors (Lipinski definition) is 3. The van der Waals surface area contributed by atoms with Gasteiger partial charge in [0.25, 0.3) is 0 Å². The number of hydrogen-bond donors (Lipinski definition) is 1. The summed E-state index contributed by atoms with van der Waals surface area (Å²) in [6, 6.07) is 34.2. The third kappa shape index (κ3) is 4.69. The third-order valence-corrected chi connectivity index (χ3v) is 9.70. The molecule has 0 radical (unpaired) electrons. The minimum absolute atomic E-state index is 0.246. The molecule has 40 heavy (non-hydrogen) atoms. The predicted molar refractivity (Wildman–Crippen MR) is 177 cm³/mol. The van der Waals surface area contributed by atoms with E-state index in [-0.39, 0.29) is 6.04 Å². The Balaban J connectivity index is 1.44. The molecule has 192 valence electrons. The van der Waals surface area contributed by atoms with Gasteiger partial charge in [-0.05, 0) is 58.7 Å². The van der Waals surface area contributed by atoms with Crippen molar-refractivity contribution in [2.24, 2.45) is 5.73 Å². The molecule has 1 aliphatic carbocycles. The monoisotopic (exact) mass is 549 g/mol. The first-order chi connectivity index (χ1) is 19.7. The molecular weight excluding hydrogens is 523 g/mol. The summed E-state index contributed by atoms with van der Waals surface area (Å²) in [5.74, 6) is 0. The molecule has 3 heteroatoms. The highest BCUT2D eigenvalue weighted by molar-refractivity contribution is 7.25. The normalized spacial score (nSPS) is 20.4. The summed E-state index contributed by atoms with van der Waals surface area (Å²) in [7, 11) is 0. The molecule has 1 nitrogen and oxygen atoms in total. The highest BCUT2D eigenvalue weighted by atomic mass is 32.1. The zero-order valence-electron chi connectivity index (χ0n) is 21.8. The van der Waals surface area contributed by atoms with Crippen LogP contribution in [0.4, 0.5) is 0 Å². The molecule has 0 aliphatic heterocycles. The second-order valence-corrected chi connectivity index (χ2v) is 12.1. The van der Waals surface area contributed by atoms with Crippen LogP contribution in [-0.4, -0.2) is 0 Å². The first-order valence-corrected chi connectivity index (χ1v) is 15.1. The van der Waals surface area contributed by atoms with Gasteiger partial charge in [-0.1, -0.05) is 109 Å². The van der Waals surface area contributed by atoms with Crippen molar-refractivity contribution in [3.8, 4) is 0 Å². The molecule has 0 saturated carbocycles. The Labute approximate surface area is 241 Å². The van der Waals surface area contributed by atoms with Crippen LogP contribution >= 0.6 is 22.7 Å². The molecule has 1 aliphatic rings. The molecular formula is C37H27NS2. The van der Waals surface area contributed by atoms with Crippen LogP contribution in [0.25, 0.3) is 48.0 Å². The van der Waals surface area contributed by atoms with E-state index in [9.17, 15) is 0 Å². The van der Waals surface area contributed by atoms with Crippen LogP contribution in [0.2, 0.25) is 0 Å². The molecule has 2 N–H and O–H groups in total. The van der Waals surface area contributed by atoms with E-state index in [0.717, 1.165) is 16.7 Å². The number of thiophene rings is 2. The fraction of sp³-hybridized carbons (Fsp3) is 0.0270. The molecule has 0 fully saturated rings. The molecule has 7 rings (SSSR count). The lowest BCUT2D eigenvalue weighted by Gasteiger charge is -2.15. The van der Waals surface area contributed by atoms with Crippen molar-refractivity contribution in [3.63, 3.8) is 0 Å². The molecule has 4 aromatic carbocycles. The van der Waals surface area contributed by atoms with Crippen LogP contribution < -0.4 is 15.5 Å². The lowest BCUT2D eigenvalue weighted by atomic mass is 9.94. The molecule has 1 atom stereocenters. The zero-order valence-corrected chi connectivity index (χ0v) is 23.5. The fourth-order valence-corrected chi connectivity index (χ4v) is 7.54. The van der Waals surface area contributed by atoms with Crippen LogP contribution in [0.1, 0.15) is 17.2 Å². The van der Waals surface area contributed by atoms with Crippen molar-refractivity contribution in [1.29, 1.82) is 0 Å². The summed E-state index contributed by atoms with van der Waals surface area (Å²) in [6.45, 7) is 0. The zero-order chi connectivity index (χ0) is 26.9. The summed E-state index contributed by atoms with van der Waals surface area (Å²) < 4.78 is 5.17. The molecule has 1 unspecified atom stereocenters. The number of allylic oxidation sites excluding steroid dienone is 6. The van der Waals surface area contributed by atoms with E-state index < -0.39 is 0 Å². The second kappa shape index (κ2) is 10.7. The summed E-state index contributed by atoms with van der Waals surface area (Å²) in [5, 5.41) is 5.13. The van der Waals surface area contributed by atoms with Crippen molar-refractivity contribution in [1.82, 2.24) is 0 Å². The molecule has 0 saturated heterocycles. The van der Waals surface area contributed by atoms with Crippen LogP contribution in [0.3, 0.4) is 0 Å². The van der Waals surface area contributed by atoms with Gasteiger partial charge in [-0.2, -0.15) is 0 Å². The predicted octanol–water partition coefficient (Wildman–Crippen LogP) is 8.67. The highest BCUT2D eigenvalue weighted by Crippen LogP contribution is 2.36.